The quantitative estimate of drug-likeness (QED) is 0.805. The summed E-state index contributed by atoms with van der Waals surface area (Å²) in [6, 6.07) is 4.72. The molecule has 1 saturated carbocycles. The van der Waals surface area contributed by atoms with Crippen LogP contribution in [0, 0.1) is 5.41 Å². The van der Waals surface area contributed by atoms with E-state index >= 15 is 0 Å². The second-order valence-corrected chi connectivity index (χ2v) is 5.57. The lowest BCUT2D eigenvalue weighted by molar-refractivity contribution is 0.165. The first-order chi connectivity index (χ1) is 8.75. The van der Waals surface area contributed by atoms with Gasteiger partial charge in [-0.25, -0.2) is 0 Å². The molecule has 2 nitrogen and oxygen atoms in total. The van der Waals surface area contributed by atoms with Crippen LogP contribution in [0.2, 0.25) is 0 Å². The number of furan rings is 1. The van der Waals surface area contributed by atoms with Crippen molar-refractivity contribution in [2.75, 3.05) is 6.54 Å². The van der Waals surface area contributed by atoms with Gasteiger partial charge in [-0.15, -0.1) is 0 Å². The molecule has 1 aromatic heterocycles. The fourth-order valence-electron chi connectivity index (χ4n) is 3.49. The zero-order valence-corrected chi connectivity index (χ0v) is 12.1. The van der Waals surface area contributed by atoms with E-state index in [9.17, 15) is 0 Å². The number of hydrogen-bond donors (Lipinski definition) is 1. The normalized spacial score (nSPS) is 20.2. The first-order valence-electron chi connectivity index (χ1n) is 7.57. The van der Waals surface area contributed by atoms with E-state index in [-0.39, 0.29) is 0 Å². The molecule has 1 atom stereocenters. The highest BCUT2D eigenvalue weighted by Crippen LogP contribution is 2.50. The van der Waals surface area contributed by atoms with Crippen LogP contribution in [0.5, 0.6) is 0 Å². The van der Waals surface area contributed by atoms with Crippen molar-refractivity contribution in [3.05, 3.63) is 23.7 Å². The van der Waals surface area contributed by atoms with Gasteiger partial charge in [0.15, 0.2) is 0 Å². The molecule has 0 saturated heterocycles. The minimum Gasteiger partial charge on any atom is -0.464 e. The van der Waals surface area contributed by atoms with E-state index in [1.807, 2.05) is 0 Å². The molecular formula is C16H27NO. The van der Waals surface area contributed by atoms with Gasteiger partial charge in [0.25, 0.3) is 0 Å². The number of nitrogens with one attached hydrogen (secondary N) is 1. The Hall–Kier alpha value is -0.760. The Morgan fingerprint density at radius 2 is 1.94 bits per heavy atom. The molecular weight excluding hydrogens is 222 g/mol. The summed E-state index contributed by atoms with van der Waals surface area (Å²) in [7, 11) is 0. The molecule has 0 spiro atoms. The zero-order valence-electron chi connectivity index (χ0n) is 12.1. The lowest BCUT2D eigenvalue weighted by atomic mass is 9.75. The van der Waals surface area contributed by atoms with Gasteiger partial charge in [0.05, 0.1) is 6.04 Å². The van der Waals surface area contributed by atoms with E-state index in [0.29, 0.717) is 11.5 Å². The van der Waals surface area contributed by atoms with Gasteiger partial charge in [-0.1, -0.05) is 33.6 Å². The third kappa shape index (κ3) is 2.49. The van der Waals surface area contributed by atoms with Gasteiger partial charge >= 0.3 is 0 Å². The van der Waals surface area contributed by atoms with Gasteiger partial charge in [0, 0.05) is 6.42 Å². The highest BCUT2D eigenvalue weighted by molar-refractivity contribution is 5.15. The van der Waals surface area contributed by atoms with Crippen LogP contribution in [0.1, 0.15) is 70.4 Å². The molecule has 1 aromatic rings. The average Bonchev–Trinajstić information content (AvgIpc) is 3.05. The molecule has 2 rings (SSSR count). The van der Waals surface area contributed by atoms with Crippen LogP contribution in [0.4, 0.5) is 0 Å². The van der Waals surface area contributed by atoms with E-state index in [2.05, 4.69) is 38.2 Å². The van der Waals surface area contributed by atoms with Crippen LogP contribution in [-0.4, -0.2) is 6.54 Å². The minimum absolute atomic E-state index is 0.398. The van der Waals surface area contributed by atoms with Crippen molar-refractivity contribution in [2.45, 2.75) is 65.3 Å². The Bertz CT molecular complexity index is 363. The minimum atomic E-state index is 0.398. The van der Waals surface area contributed by atoms with Crippen molar-refractivity contribution >= 4 is 0 Å². The van der Waals surface area contributed by atoms with Crippen molar-refractivity contribution in [1.29, 1.82) is 0 Å². The second-order valence-electron chi connectivity index (χ2n) is 5.57. The van der Waals surface area contributed by atoms with E-state index in [4.69, 9.17) is 4.42 Å². The first-order valence-corrected chi connectivity index (χ1v) is 7.57. The van der Waals surface area contributed by atoms with E-state index in [1.165, 1.54) is 32.1 Å². The molecule has 0 aliphatic heterocycles. The van der Waals surface area contributed by atoms with Crippen LogP contribution >= 0.6 is 0 Å². The van der Waals surface area contributed by atoms with Gasteiger partial charge in [-0.2, -0.15) is 0 Å². The lowest BCUT2D eigenvalue weighted by Crippen LogP contribution is -2.36. The highest BCUT2D eigenvalue weighted by atomic mass is 16.3. The van der Waals surface area contributed by atoms with Gasteiger partial charge < -0.3 is 9.73 Å². The molecule has 1 heterocycles. The fourth-order valence-corrected chi connectivity index (χ4v) is 3.49. The molecule has 1 aliphatic rings. The maximum atomic E-state index is 6.02. The Kier molecular flexibility index (Phi) is 4.50. The second kappa shape index (κ2) is 5.92. The standard InChI is InChI=1S/C16H27NO/c1-4-13-9-10-14(18-13)15(17-6-3)16(5-2)11-7-8-12-16/h9-10,15,17H,4-8,11-12H2,1-3H3. The zero-order chi connectivity index (χ0) is 13.0. The molecule has 18 heavy (non-hydrogen) atoms. The van der Waals surface area contributed by atoms with Gasteiger partial charge in [0.1, 0.15) is 11.5 Å². The van der Waals surface area contributed by atoms with Gasteiger partial charge in [-0.3, -0.25) is 0 Å². The Balaban J connectivity index is 2.26. The number of hydrogen-bond acceptors (Lipinski definition) is 2. The summed E-state index contributed by atoms with van der Waals surface area (Å²) in [5, 5.41) is 3.68. The summed E-state index contributed by atoms with van der Waals surface area (Å²) in [6.07, 6.45) is 7.64. The molecule has 2 heteroatoms. The summed E-state index contributed by atoms with van der Waals surface area (Å²) in [6.45, 7) is 7.68. The molecule has 0 amide bonds. The van der Waals surface area contributed by atoms with E-state index < -0.39 is 0 Å². The summed E-state index contributed by atoms with van der Waals surface area (Å²) in [5.41, 5.74) is 0.416. The molecule has 102 valence electrons. The molecule has 1 N–H and O–H groups in total. The largest absolute Gasteiger partial charge is 0.464 e. The van der Waals surface area contributed by atoms with Crippen LogP contribution in [0.25, 0.3) is 0 Å². The summed E-state index contributed by atoms with van der Waals surface area (Å²) < 4.78 is 6.02. The number of rotatable bonds is 6. The molecule has 1 aliphatic carbocycles. The Morgan fingerprint density at radius 3 is 2.44 bits per heavy atom. The predicted octanol–water partition coefficient (Wildman–Crippen LogP) is 4.46. The Morgan fingerprint density at radius 1 is 1.22 bits per heavy atom. The summed E-state index contributed by atoms with van der Waals surface area (Å²) >= 11 is 0. The van der Waals surface area contributed by atoms with Crippen LogP contribution in [-0.2, 0) is 6.42 Å². The van der Waals surface area contributed by atoms with Crippen LogP contribution in [0.3, 0.4) is 0 Å². The molecule has 0 aromatic carbocycles. The molecule has 1 unspecified atom stereocenters. The van der Waals surface area contributed by atoms with E-state index in [0.717, 1.165) is 24.5 Å². The topological polar surface area (TPSA) is 25.2 Å². The lowest BCUT2D eigenvalue weighted by Gasteiger charge is -2.36. The van der Waals surface area contributed by atoms with Crippen molar-refractivity contribution in [3.8, 4) is 0 Å². The average molecular weight is 249 g/mol. The Labute approximate surface area is 111 Å². The maximum absolute atomic E-state index is 6.02. The monoisotopic (exact) mass is 249 g/mol. The highest BCUT2D eigenvalue weighted by Gasteiger charge is 2.41. The SMILES string of the molecule is CCNC(c1ccc(CC)o1)C1(CC)CCCC1. The number of aryl methyl sites for hydroxylation is 1. The fraction of sp³-hybridized carbons (Fsp3) is 0.750. The predicted molar refractivity (Wildman–Crippen MR) is 75.7 cm³/mol. The molecule has 0 radical (unpaired) electrons. The third-order valence-corrected chi connectivity index (χ3v) is 4.64. The summed E-state index contributed by atoms with van der Waals surface area (Å²) in [4.78, 5) is 0. The molecule has 0 bridgehead atoms. The smallest absolute Gasteiger partial charge is 0.121 e. The first kappa shape index (κ1) is 13.7. The molecule has 1 fully saturated rings. The van der Waals surface area contributed by atoms with Gasteiger partial charge in [0.2, 0.25) is 0 Å². The third-order valence-electron chi connectivity index (χ3n) is 4.64. The van der Waals surface area contributed by atoms with Crippen molar-refractivity contribution < 1.29 is 4.42 Å². The summed E-state index contributed by atoms with van der Waals surface area (Å²) in [5.74, 6) is 2.26. The van der Waals surface area contributed by atoms with Crippen molar-refractivity contribution in [2.24, 2.45) is 5.41 Å². The maximum Gasteiger partial charge on any atom is 0.121 e. The van der Waals surface area contributed by atoms with Crippen LogP contribution < -0.4 is 5.32 Å². The van der Waals surface area contributed by atoms with E-state index in [1.54, 1.807) is 0 Å². The van der Waals surface area contributed by atoms with Gasteiger partial charge in [-0.05, 0) is 43.4 Å². The van der Waals surface area contributed by atoms with Crippen molar-refractivity contribution in [3.63, 3.8) is 0 Å². The van der Waals surface area contributed by atoms with Crippen LogP contribution in [0.15, 0.2) is 16.5 Å². The van der Waals surface area contributed by atoms with Crippen molar-refractivity contribution in [1.82, 2.24) is 5.32 Å².